The van der Waals surface area contributed by atoms with Crippen molar-refractivity contribution in [2.75, 3.05) is 6.54 Å². The Morgan fingerprint density at radius 3 is 3.04 bits per heavy atom. The third kappa shape index (κ3) is 2.75. The summed E-state index contributed by atoms with van der Waals surface area (Å²) < 4.78 is 2.47. The molecule has 4 nitrogen and oxygen atoms in total. The number of thiophene rings is 1. The molecule has 1 aliphatic heterocycles. The molecule has 1 aliphatic rings. The Morgan fingerprint density at radius 1 is 1.39 bits per heavy atom. The van der Waals surface area contributed by atoms with Crippen LogP contribution in [-0.2, 0) is 19.5 Å². The largest absolute Gasteiger partial charge is 0.310 e. The van der Waals surface area contributed by atoms with Gasteiger partial charge in [-0.1, -0.05) is 18.2 Å². The van der Waals surface area contributed by atoms with Gasteiger partial charge in [-0.15, -0.1) is 11.3 Å². The molecule has 0 spiro atoms. The van der Waals surface area contributed by atoms with Crippen LogP contribution in [0, 0.1) is 6.92 Å². The third-order valence-electron chi connectivity index (χ3n) is 4.23. The lowest BCUT2D eigenvalue weighted by atomic mass is 10.1. The van der Waals surface area contributed by atoms with E-state index in [-0.39, 0.29) is 5.56 Å². The van der Waals surface area contributed by atoms with Crippen LogP contribution >= 0.6 is 27.3 Å². The van der Waals surface area contributed by atoms with Gasteiger partial charge in [-0.05, 0) is 28.9 Å². The summed E-state index contributed by atoms with van der Waals surface area (Å²) in [6.07, 6.45) is 0.836. The Labute approximate surface area is 146 Å². The molecule has 2 aromatic heterocycles. The maximum atomic E-state index is 12.2. The Balaban J connectivity index is 1.62. The number of aromatic amines is 1. The normalized spacial score (nSPS) is 15.0. The predicted molar refractivity (Wildman–Crippen MR) is 96.9 cm³/mol. The first-order valence-corrected chi connectivity index (χ1v) is 9.19. The lowest BCUT2D eigenvalue weighted by Gasteiger charge is -2.27. The number of nitrogens with zero attached hydrogens (tertiary/aromatic N) is 2. The van der Waals surface area contributed by atoms with Crippen LogP contribution in [0.4, 0.5) is 0 Å². The molecule has 0 amide bonds. The minimum atomic E-state index is 0.00704. The third-order valence-corrected chi connectivity index (χ3v) is 6.56. The van der Waals surface area contributed by atoms with E-state index < -0.39 is 0 Å². The van der Waals surface area contributed by atoms with E-state index in [2.05, 4.69) is 55.1 Å². The van der Waals surface area contributed by atoms with E-state index in [1.807, 2.05) is 18.3 Å². The molecule has 0 unspecified atom stereocenters. The van der Waals surface area contributed by atoms with Gasteiger partial charge in [0.25, 0.3) is 5.56 Å². The van der Waals surface area contributed by atoms with Crippen molar-refractivity contribution in [2.24, 2.45) is 0 Å². The van der Waals surface area contributed by atoms with Crippen molar-refractivity contribution in [1.29, 1.82) is 0 Å². The fraction of sp³-hybridized carbons (Fsp3) is 0.294. The summed E-state index contributed by atoms with van der Waals surface area (Å²) in [4.78, 5) is 23.1. The fourth-order valence-electron chi connectivity index (χ4n) is 3.11. The Hall–Kier alpha value is -1.50. The van der Waals surface area contributed by atoms with Gasteiger partial charge in [-0.2, -0.15) is 0 Å². The molecule has 3 aromatic rings. The number of hydrogen-bond donors (Lipinski definition) is 1. The van der Waals surface area contributed by atoms with Crippen molar-refractivity contribution in [2.45, 2.75) is 26.4 Å². The summed E-state index contributed by atoms with van der Waals surface area (Å²) in [5, 5.41) is 1.26. The molecule has 0 atom stereocenters. The van der Waals surface area contributed by atoms with E-state index in [0.29, 0.717) is 12.4 Å². The van der Waals surface area contributed by atoms with Gasteiger partial charge in [0, 0.05) is 45.5 Å². The van der Waals surface area contributed by atoms with Crippen molar-refractivity contribution >= 4 is 37.4 Å². The number of halogens is 1. The highest BCUT2D eigenvalue weighted by Gasteiger charge is 2.22. The topological polar surface area (TPSA) is 49.0 Å². The molecule has 3 heterocycles. The number of benzene rings is 1. The second-order valence-electron chi connectivity index (χ2n) is 5.87. The Bertz CT molecular complexity index is 947. The van der Waals surface area contributed by atoms with Crippen LogP contribution in [0.5, 0.6) is 0 Å². The number of fused-ring (bicyclic) bond motifs is 2. The number of hydrogen-bond acceptors (Lipinski definition) is 4. The van der Waals surface area contributed by atoms with E-state index in [9.17, 15) is 4.79 Å². The number of H-pyrrole nitrogens is 1. The summed E-state index contributed by atoms with van der Waals surface area (Å²) >= 11 is 5.55. The van der Waals surface area contributed by atoms with Crippen LogP contribution in [0.2, 0.25) is 0 Å². The van der Waals surface area contributed by atoms with E-state index >= 15 is 0 Å². The fourth-order valence-corrected chi connectivity index (χ4v) is 5.09. The van der Waals surface area contributed by atoms with E-state index in [4.69, 9.17) is 0 Å². The lowest BCUT2D eigenvalue weighted by Crippen LogP contribution is -2.35. The average Bonchev–Trinajstić information content (AvgIpc) is 2.84. The minimum Gasteiger partial charge on any atom is -0.310 e. The summed E-state index contributed by atoms with van der Waals surface area (Å²) in [7, 11) is 0. The number of nitrogens with one attached hydrogen (secondary N) is 1. The van der Waals surface area contributed by atoms with E-state index in [1.54, 1.807) is 0 Å². The summed E-state index contributed by atoms with van der Waals surface area (Å²) in [6, 6.07) is 8.42. The molecule has 1 N–H and O–H groups in total. The van der Waals surface area contributed by atoms with Gasteiger partial charge in [0.15, 0.2) is 0 Å². The first-order valence-electron chi connectivity index (χ1n) is 7.59. The maximum Gasteiger partial charge on any atom is 0.255 e. The predicted octanol–water partition coefficient (Wildman–Crippen LogP) is 3.61. The molecule has 0 saturated heterocycles. The quantitative estimate of drug-likeness (QED) is 0.727. The second kappa shape index (κ2) is 5.85. The van der Waals surface area contributed by atoms with Crippen molar-refractivity contribution in [3.8, 4) is 0 Å². The van der Waals surface area contributed by atoms with Crippen molar-refractivity contribution < 1.29 is 0 Å². The number of aromatic nitrogens is 2. The molecule has 23 heavy (non-hydrogen) atoms. The molecule has 0 bridgehead atoms. The highest BCUT2D eigenvalue weighted by atomic mass is 79.9. The number of rotatable bonds is 2. The SMILES string of the molecule is Cc1nc2c(c(=O)[nH]1)CN(Cc1sc3ccccc3c1Br)CC2. The molecular weight excluding hydrogens is 374 g/mol. The average molecular weight is 390 g/mol. The van der Waals surface area contributed by atoms with Gasteiger partial charge in [0.1, 0.15) is 5.82 Å². The van der Waals surface area contributed by atoms with Crippen molar-refractivity contribution in [1.82, 2.24) is 14.9 Å². The van der Waals surface area contributed by atoms with Crippen LogP contribution in [0.25, 0.3) is 10.1 Å². The second-order valence-corrected chi connectivity index (χ2v) is 7.80. The molecule has 0 aliphatic carbocycles. The highest BCUT2D eigenvalue weighted by Crippen LogP contribution is 2.36. The first-order chi connectivity index (χ1) is 11.1. The van der Waals surface area contributed by atoms with Gasteiger partial charge in [0.05, 0.1) is 11.3 Å². The first kappa shape index (κ1) is 15.1. The molecule has 118 valence electrons. The van der Waals surface area contributed by atoms with Crippen molar-refractivity contribution in [3.05, 3.63) is 61.1 Å². The van der Waals surface area contributed by atoms with Crippen LogP contribution in [0.3, 0.4) is 0 Å². The van der Waals surface area contributed by atoms with Crippen LogP contribution < -0.4 is 5.56 Å². The van der Waals surface area contributed by atoms with Gasteiger partial charge in [-0.3, -0.25) is 9.69 Å². The Morgan fingerprint density at radius 2 is 2.22 bits per heavy atom. The molecule has 1 aromatic carbocycles. The van der Waals surface area contributed by atoms with Crippen LogP contribution in [0.15, 0.2) is 33.5 Å². The van der Waals surface area contributed by atoms with Crippen molar-refractivity contribution in [3.63, 3.8) is 0 Å². The minimum absolute atomic E-state index is 0.00704. The van der Waals surface area contributed by atoms with Crippen LogP contribution in [0.1, 0.15) is 22.0 Å². The van der Waals surface area contributed by atoms with Gasteiger partial charge < -0.3 is 4.98 Å². The van der Waals surface area contributed by atoms with E-state index in [0.717, 1.165) is 30.8 Å². The summed E-state index contributed by atoms with van der Waals surface area (Å²) in [5.41, 5.74) is 1.78. The maximum absolute atomic E-state index is 12.2. The van der Waals surface area contributed by atoms with Gasteiger partial charge in [0.2, 0.25) is 0 Å². The zero-order chi connectivity index (χ0) is 16.0. The molecule has 0 fully saturated rings. The molecule has 4 rings (SSSR count). The molecule has 0 radical (unpaired) electrons. The van der Waals surface area contributed by atoms with Gasteiger partial charge in [-0.25, -0.2) is 4.98 Å². The molecule has 6 heteroatoms. The van der Waals surface area contributed by atoms with E-state index in [1.165, 1.54) is 19.4 Å². The summed E-state index contributed by atoms with van der Waals surface area (Å²) in [6.45, 7) is 4.29. The molecule has 0 saturated carbocycles. The summed E-state index contributed by atoms with van der Waals surface area (Å²) in [5.74, 6) is 0.703. The lowest BCUT2D eigenvalue weighted by molar-refractivity contribution is 0.243. The highest BCUT2D eigenvalue weighted by molar-refractivity contribution is 9.10. The number of aryl methyl sites for hydroxylation is 1. The zero-order valence-electron chi connectivity index (χ0n) is 12.7. The Kier molecular flexibility index (Phi) is 3.83. The van der Waals surface area contributed by atoms with Gasteiger partial charge >= 0.3 is 0 Å². The monoisotopic (exact) mass is 389 g/mol. The van der Waals surface area contributed by atoms with Crippen LogP contribution in [-0.4, -0.2) is 21.4 Å². The zero-order valence-corrected chi connectivity index (χ0v) is 15.1. The smallest absolute Gasteiger partial charge is 0.255 e. The molecular formula is C17H16BrN3OS. The standard InChI is InChI=1S/C17H16BrN3OS/c1-10-19-13-6-7-21(8-12(13)17(22)20-10)9-15-16(18)11-4-2-3-5-14(11)23-15/h2-5H,6-9H2,1H3,(H,19,20,22).